The Morgan fingerprint density at radius 2 is 1.88 bits per heavy atom. The lowest BCUT2D eigenvalue weighted by Crippen LogP contribution is -2.40. The third kappa shape index (κ3) is 4.91. The fourth-order valence-electron chi connectivity index (χ4n) is 3.76. The molecule has 7 nitrogen and oxygen atoms in total. The van der Waals surface area contributed by atoms with Crippen LogP contribution >= 0.6 is 11.8 Å². The average molecular weight is 474 g/mol. The predicted molar refractivity (Wildman–Crippen MR) is 126 cm³/mol. The van der Waals surface area contributed by atoms with E-state index in [4.69, 9.17) is 9.72 Å². The molecule has 0 aliphatic carbocycles. The van der Waals surface area contributed by atoms with Gasteiger partial charge in [0.25, 0.3) is 0 Å². The highest BCUT2D eigenvalue weighted by Gasteiger charge is 2.27. The smallest absolute Gasteiger partial charge is 0.243 e. The van der Waals surface area contributed by atoms with Gasteiger partial charge in [0.05, 0.1) is 29.1 Å². The van der Waals surface area contributed by atoms with Gasteiger partial charge in [0.2, 0.25) is 10.0 Å². The minimum atomic E-state index is -3.56. The Kier molecular flexibility index (Phi) is 7.30. The van der Waals surface area contributed by atoms with E-state index >= 15 is 0 Å². The van der Waals surface area contributed by atoms with Gasteiger partial charge in [0.15, 0.2) is 10.9 Å². The predicted octanol–water partition coefficient (Wildman–Crippen LogP) is 3.83. The van der Waals surface area contributed by atoms with Crippen LogP contribution in [-0.2, 0) is 21.3 Å². The Balaban J connectivity index is 1.46. The molecule has 0 radical (unpaired) electrons. The van der Waals surface area contributed by atoms with Crippen LogP contribution in [0.1, 0.15) is 30.1 Å². The second kappa shape index (κ2) is 10.2. The number of imidazole rings is 1. The number of benzene rings is 2. The van der Waals surface area contributed by atoms with Gasteiger partial charge in [-0.1, -0.05) is 42.1 Å². The number of ether oxygens (including phenoxy) is 1. The standard InChI is InChI=1S/C23H27N3O4S2/c1-2-26-21-11-10-19(32(28,29)25-12-14-30-15-13-25)17-20(21)24-23(26)31-16-6-9-22(27)18-7-4-3-5-8-18/h3-5,7-8,10-11,17H,2,6,9,12-16H2,1H3. The topological polar surface area (TPSA) is 81.5 Å². The van der Waals surface area contributed by atoms with E-state index in [2.05, 4.69) is 4.57 Å². The summed E-state index contributed by atoms with van der Waals surface area (Å²) in [7, 11) is -3.56. The molecule has 1 fully saturated rings. The first kappa shape index (κ1) is 23.0. The van der Waals surface area contributed by atoms with Gasteiger partial charge < -0.3 is 9.30 Å². The van der Waals surface area contributed by atoms with Crippen molar-refractivity contribution in [2.45, 2.75) is 36.4 Å². The van der Waals surface area contributed by atoms with Gasteiger partial charge in [-0.25, -0.2) is 13.4 Å². The van der Waals surface area contributed by atoms with Crippen LogP contribution in [0, 0.1) is 0 Å². The van der Waals surface area contributed by atoms with Crippen LogP contribution in [0.5, 0.6) is 0 Å². The number of aryl methyl sites for hydroxylation is 1. The summed E-state index contributed by atoms with van der Waals surface area (Å²) in [6.45, 7) is 4.35. The maximum absolute atomic E-state index is 13.0. The first-order chi connectivity index (χ1) is 15.5. The van der Waals surface area contributed by atoms with Crippen molar-refractivity contribution in [3.05, 3.63) is 54.1 Å². The van der Waals surface area contributed by atoms with Gasteiger partial charge in [-0.2, -0.15) is 4.31 Å². The Morgan fingerprint density at radius 1 is 1.12 bits per heavy atom. The molecule has 170 valence electrons. The van der Waals surface area contributed by atoms with Gasteiger partial charge >= 0.3 is 0 Å². The summed E-state index contributed by atoms with van der Waals surface area (Å²) in [4.78, 5) is 17.3. The minimum absolute atomic E-state index is 0.146. The zero-order valence-corrected chi connectivity index (χ0v) is 19.7. The Labute approximate surface area is 192 Å². The van der Waals surface area contributed by atoms with Gasteiger partial charge in [0.1, 0.15) is 0 Å². The van der Waals surface area contributed by atoms with Crippen LogP contribution in [0.4, 0.5) is 0 Å². The highest BCUT2D eigenvalue weighted by molar-refractivity contribution is 7.99. The number of thioether (sulfide) groups is 1. The highest BCUT2D eigenvalue weighted by atomic mass is 32.2. The van der Waals surface area contributed by atoms with E-state index in [-0.39, 0.29) is 10.7 Å². The lowest BCUT2D eigenvalue weighted by molar-refractivity contribution is 0.0730. The number of aromatic nitrogens is 2. The first-order valence-electron chi connectivity index (χ1n) is 10.8. The number of Topliss-reactive ketones (excluding diaryl/α,β-unsaturated/α-hetero) is 1. The van der Waals surface area contributed by atoms with Gasteiger partial charge in [-0.15, -0.1) is 0 Å². The zero-order chi connectivity index (χ0) is 22.6. The number of rotatable bonds is 9. The van der Waals surface area contributed by atoms with E-state index in [0.717, 1.165) is 35.0 Å². The number of nitrogens with zero attached hydrogens (tertiary/aromatic N) is 3. The molecule has 4 rings (SSSR count). The molecule has 1 aliphatic rings. The van der Waals surface area contributed by atoms with Crippen LogP contribution < -0.4 is 0 Å². The molecule has 32 heavy (non-hydrogen) atoms. The number of ketones is 1. The summed E-state index contributed by atoms with van der Waals surface area (Å²) in [5, 5.41) is 0.843. The number of sulfonamides is 1. The normalized spacial score (nSPS) is 15.3. The van der Waals surface area contributed by atoms with E-state index in [1.165, 1.54) is 4.31 Å². The lowest BCUT2D eigenvalue weighted by atomic mass is 10.1. The molecule has 0 N–H and O–H groups in total. The number of morpholine rings is 1. The van der Waals surface area contributed by atoms with Crippen LogP contribution in [0.2, 0.25) is 0 Å². The lowest BCUT2D eigenvalue weighted by Gasteiger charge is -2.26. The summed E-state index contributed by atoms with van der Waals surface area (Å²) in [5.41, 5.74) is 2.33. The van der Waals surface area contributed by atoms with Gasteiger partial charge in [-0.05, 0) is 31.5 Å². The minimum Gasteiger partial charge on any atom is -0.379 e. The summed E-state index contributed by atoms with van der Waals surface area (Å²) >= 11 is 1.60. The number of hydrogen-bond acceptors (Lipinski definition) is 6. The third-order valence-electron chi connectivity index (χ3n) is 5.48. The van der Waals surface area contributed by atoms with Crippen molar-refractivity contribution in [3.63, 3.8) is 0 Å². The molecule has 3 aromatic rings. The fraction of sp³-hybridized carbons (Fsp3) is 0.391. The fourth-order valence-corrected chi connectivity index (χ4v) is 6.21. The summed E-state index contributed by atoms with van der Waals surface area (Å²) in [5.74, 6) is 0.911. The van der Waals surface area contributed by atoms with Crippen LogP contribution in [0.25, 0.3) is 11.0 Å². The van der Waals surface area contributed by atoms with Crippen molar-refractivity contribution in [1.82, 2.24) is 13.9 Å². The molecule has 1 aromatic heterocycles. The Bertz CT molecular complexity index is 1190. The SMILES string of the molecule is CCn1c(SCCCC(=O)c2ccccc2)nc2cc(S(=O)(=O)N3CCOCC3)ccc21. The molecule has 1 aliphatic heterocycles. The molecule has 0 bridgehead atoms. The van der Waals surface area contributed by atoms with E-state index < -0.39 is 10.0 Å². The van der Waals surface area contributed by atoms with E-state index in [1.807, 2.05) is 43.3 Å². The second-order valence-electron chi connectivity index (χ2n) is 7.55. The van der Waals surface area contributed by atoms with Gasteiger partial charge in [-0.3, -0.25) is 4.79 Å². The second-order valence-corrected chi connectivity index (χ2v) is 10.5. The molecular weight excluding hydrogens is 446 g/mol. The molecule has 0 spiro atoms. The number of carbonyl (C=O) groups is 1. The van der Waals surface area contributed by atoms with Gasteiger partial charge in [0, 0.05) is 37.4 Å². The molecular formula is C23H27N3O4S2. The third-order valence-corrected chi connectivity index (χ3v) is 8.44. The van der Waals surface area contributed by atoms with E-state index in [9.17, 15) is 13.2 Å². The zero-order valence-electron chi connectivity index (χ0n) is 18.1. The monoisotopic (exact) mass is 473 g/mol. The Morgan fingerprint density at radius 3 is 2.59 bits per heavy atom. The van der Waals surface area contributed by atoms with Crippen molar-refractivity contribution < 1.29 is 17.9 Å². The van der Waals surface area contributed by atoms with Crippen molar-refractivity contribution in [2.24, 2.45) is 0 Å². The maximum Gasteiger partial charge on any atom is 0.243 e. The number of fused-ring (bicyclic) bond motifs is 1. The van der Waals surface area contributed by atoms with Crippen molar-refractivity contribution >= 4 is 38.6 Å². The molecule has 2 heterocycles. The molecule has 0 unspecified atom stereocenters. The largest absolute Gasteiger partial charge is 0.379 e. The van der Waals surface area contributed by atoms with E-state index in [0.29, 0.717) is 38.2 Å². The van der Waals surface area contributed by atoms with Crippen molar-refractivity contribution in [2.75, 3.05) is 32.1 Å². The first-order valence-corrected chi connectivity index (χ1v) is 13.2. The summed E-state index contributed by atoms with van der Waals surface area (Å²) < 4.78 is 34.8. The molecule has 9 heteroatoms. The molecule has 2 aromatic carbocycles. The quantitative estimate of drug-likeness (QED) is 0.267. The molecule has 0 amide bonds. The highest BCUT2D eigenvalue weighted by Crippen LogP contribution is 2.28. The molecule has 0 saturated carbocycles. The van der Waals surface area contributed by atoms with E-state index in [1.54, 1.807) is 23.9 Å². The molecule has 1 saturated heterocycles. The van der Waals surface area contributed by atoms with Crippen molar-refractivity contribution in [3.8, 4) is 0 Å². The average Bonchev–Trinajstić information content (AvgIpc) is 3.19. The molecule has 0 atom stereocenters. The Hall–Kier alpha value is -2.20. The number of hydrogen-bond donors (Lipinski definition) is 0. The summed E-state index contributed by atoms with van der Waals surface area (Å²) in [6.07, 6.45) is 1.24. The van der Waals surface area contributed by atoms with Crippen LogP contribution in [0.3, 0.4) is 0 Å². The van der Waals surface area contributed by atoms with Crippen molar-refractivity contribution in [1.29, 1.82) is 0 Å². The number of carbonyl (C=O) groups excluding carboxylic acids is 1. The van der Waals surface area contributed by atoms with Crippen LogP contribution in [0.15, 0.2) is 58.6 Å². The maximum atomic E-state index is 13.0. The summed E-state index contributed by atoms with van der Waals surface area (Å²) in [6, 6.07) is 14.5. The van der Waals surface area contributed by atoms with Crippen LogP contribution in [-0.4, -0.2) is 60.1 Å².